The number of nitrogens with zero attached hydrogens (tertiary/aromatic N) is 4. The average Bonchev–Trinajstić information content (AvgIpc) is 3.27. The van der Waals surface area contributed by atoms with Crippen molar-refractivity contribution in [2.24, 2.45) is 5.92 Å². The largest absolute Gasteiger partial charge is 0.472 e. The lowest BCUT2D eigenvalue weighted by Crippen LogP contribution is -2.43. The average molecular weight is 331 g/mol. The molecule has 0 spiro atoms. The summed E-state index contributed by atoms with van der Waals surface area (Å²) < 4.78 is 7.24. The maximum atomic E-state index is 12.7. The molecule has 0 unspecified atom stereocenters. The minimum Gasteiger partial charge on any atom is -0.472 e. The summed E-state index contributed by atoms with van der Waals surface area (Å²) in [5, 5.41) is 11.8. The van der Waals surface area contributed by atoms with Crippen LogP contribution in [0.25, 0.3) is 0 Å². The van der Waals surface area contributed by atoms with Crippen molar-refractivity contribution in [3.05, 3.63) is 35.8 Å². The third-order valence-corrected chi connectivity index (χ3v) is 4.48. The summed E-state index contributed by atoms with van der Waals surface area (Å²) >= 11 is 0. The fourth-order valence-corrected chi connectivity index (χ4v) is 3.09. The molecule has 0 aromatic carbocycles. The Hall–Kier alpha value is -2.31. The van der Waals surface area contributed by atoms with Crippen LogP contribution >= 0.6 is 0 Å². The quantitative estimate of drug-likeness (QED) is 0.883. The number of fused-ring (bicyclic) bond motifs is 1. The van der Waals surface area contributed by atoms with E-state index in [1.54, 1.807) is 17.4 Å². The molecular formula is C17H25N5O2. The molecule has 24 heavy (non-hydrogen) atoms. The zero-order valence-corrected chi connectivity index (χ0v) is 14.5. The van der Waals surface area contributed by atoms with Crippen molar-refractivity contribution in [2.45, 2.75) is 52.7 Å². The highest BCUT2D eigenvalue weighted by molar-refractivity contribution is 5.74. The van der Waals surface area contributed by atoms with Crippen LogP contribution in [-0.2, 0) is 19.5 Å². The van der Waals surface area contributed by atoms with Gasteiger partial charge in [-0.2, -0.15) is 0 Å². The summed E-state index contributed by atoms with van der Waals surface area (Å²) in [6.07, 6.45) is 5.35. The minimum atomic E-state index is -0.143. The lowest BCUT2D eigenvalue weighted by molar-refractivity contribution is 0.188. The van der Waals surface area contributed by atoms with E-state index in [0.717, 1.165) is 36.6 Å². The SMILES string of the molecule is CCN(Cc1ccoc1)C(=O)N[C@@H](c1nnc2n1CCC2)C(C)C. The van der Waals surface area contributed by atoms with E-state index in [-0.39, 0.29) is 18.0 Å². The van der Waals surface area contributed by atoms with Crippen molar-refractivity contribution in [3.63, 3.8) is 0 Å². The van der Waals surface area contributed by atoms with E-state index in [2.05, 4.69) is 33.9 Å². The summed E-state index contributed by atoms with van der Waals surface area (Å²) in [7, 11) is 0. The molecule has 7 heteroatoms. The topological polar surface area (TPSA) is 76.2 Å². The monoisotopic (exact) mass is 331 g/mol. The fourth-order valence-electron chi connectivity index (χ4n) is 3.09. The highest BCUT2D eigenvalue weighted by Crippen LogP contribution is 2.24. The Balaban J connectivity index is 1.73. The second-order valence-electron chi connectivity index (χ2n) is 6.55. The van der Waals surface area contributed by atoms with Crippen LogP contribution in [0.15, 0.2) is 23.0 Å². The summed E-state index contributed by atoms with van der Waals surface area (Å²) in [4.78, 5) is 14.5. The van der Waals surface area contributed by atoms with E-state index in [0.29, 0.717) is 13.1 Å². The third-order valence-electron chi connectivity index (χ3n) is 4.48. The number of urea groups is 1. The summed E-state index contributed by atoms with van der Waals surface area (Å²) in [5.41, 5.74) is 0.983. The van der Waals surface area contributed by atoms with Gasteiger partial charge < -0.3 is 19.2 Å². The first kappa shape index (κ1) is 16.5. The molecule has 0 fully saturated rings. The second-order valence-corrected chi connectivity index (χ2v) is 6.55. The molecule has 2 amide bonds. The van der Waals surface area contributed by atoms with Gasteiger partial charge >= 0.3 is 6.03 Å². The molecule has 0 radical (unpaired) electrons. The number of aromatic nitrogens is 3. The zero-order chi connectivity index (χ0) is 17.1. The van der Waals surface area contributed by atoms with Gasteiger partial charge in [-0.1, -0.05) is 13.8 Å². The van der Waals surface area contributed by atoms with Gasteiger partial charge in [0.1, 0.15) is 5.82 Å². The Labute approximate surface area is 142 Å². The van der Waals surface area contributed by atoms with Crippen LogP contribution in [-0.4, -0.2) is 32.2 Å². The number of carbonyl (C=O) groups is 1. The van der Waals surface area contributed by atoms with Gasteiger partial charge in [-0.15, -0.1) is 10.2 Å². The smallest absolute Gasteiger partial charge is 0.318 e. The van der Waals surface area contributed by atoms with Crippen molar-refractivity contribution in [1.29, 1.82) is 0 Å². The molecule has 1 N–H and O–H groups in total. The molecule has 3 heterocycles. The Morgan fingerprint density at radius 1 is 1.46 bits per heavy atom. The third kappa shape index (κ3) is 3.29. The Bertz CT molecular complexity index is 677. The Morgan fingerprint density at radius 2 is 2.29 bits per heavy atom. The van der Waals surface area contributed by atoms with Crippen LogP contribution in [0.5, 0.6) is 0 Å². The number of rotatable bonds is 6. The van der Waals surface area contributed by atoms with Gasteiger partial charge in [-0.05, 0) is 25.3 Å². The number of hydrogen-bond acceptors (Lipinski definition) is 4. The number of furan rings is 1. The fraction of sp³-hybridized carbons (Fsp3) is 0.588. The first-order valence-corrected chi connectivity index (χ1v) is 8.58. The zero-order valence-electron chi connectivity index (χ0n) is 14.5. The summed E-state index contributed by atoms with van der Waals surface area (Å²) in [5.74, 6) is 2.12. The molecule has 2 aromatic rings. The van der Waals surface area contributed by atoms with E-state index in [9.17, 15) is 4.79 Å². The maximum Gasteiger partial charge on any atom is 0.318 e. The molecule has 3 rings (SSSR count). The minimum absolute atomic E-state index is 0.0900. The molecule has 1 aliphatic rings. The summed E-state index contributed by atoms with van der Waals surface area (Å²) in [6, 6.07) is 1.64. The molecule has 0 saturated carbocycles. The lowest BCUT2D eigenvalue weighted by Gasteiger charge is -2.27. The van der Waals surface area contributed by atoms with E-state index in [1.807, 2.05) is 13.0 Å². The number of aryl methyl sites for hydroxylation is 1. The Kier molecular flexibility index (Phi) is 4.87. The normalized spacial score (nSPS) is 14.7. The highest BCUT2D eigenvalue weighted by Gasteiger charge is 2.28. The van der Waals surface area contributed by atoms with Gasteiger partial charge in [0.05, 0.1) is 25.1 Å². The number of hydrogen-bond donors (Lipinski definition) is 1. The molecule has 1 aliphatic heterocycles. The first-order chi connectivity index (χ1) is 11.6. The number of nitrogens with one attached hydrogen (secondary N) is 1. The van der Waals surface area contributed by atoms with Crippen LogP contribution in [0.3, 0.4) is 0 Å². The van der Waals surface area contributed by atoms with Gasteiger partial charge in [0.2, 0.25) is 0 Å². The highest BCUT2D eigenvalue weighted by atomic mass is 16.3. The van der Waals surface area contributed by atoms with Gasteiger partial charge in [0.25, 0.3) is 0 Å². The molecule has 0 aliphatic carbocycles. The van der Waals surface area contributed by atoms with E-state index in [1.165, 1.54) is 0 Å². The molecule has 0 saturated heterocycles. The first-order valence-electron chi connectivity index (χ1n) is 8.58. The van der Waals surface area contributed by atoms with E-state index >= 15 is 0 Å². The summed E-state index contributed by atoms with van der Waals surface area (Å²) in [6.45, 7) is 8.24. The van der Waals surface area contributed by atoms with Crippen LogP contribution in [0.2, 0.25) is 0 Å². The van der Waals surface area contributed by atoms with Crippen molar-refractivity contribution in [2.75, 3.05) is 6.54 Å². The number of carbonyl (C=O) groups excluding carboxylic acids is 1. The maximum absolute atomic E-state index is 12.7. The van der Waals surface area contributed by atoms with Crippen LogP contribution in [0.4, 0.5) is 4.79 Å². The van der Waals surface area contributed by atoms with Gasteiger partial charge in [0, 0.05) is 25.1 Å². The predicted octanol–water partition coefficient (Wildman–Crippen LogP) is 2.75. The second kappa shape index (κ2) is 7.07. The van der Waals surface area contributed by atoms with Crippen LogP contribution in [0.1, 0.15) is 50.4 Å². The number of amides is 2. The molecule has 2 aromatic heterocycles. The molecule has 0 bridgehead atoms. The van der Waals surface area contributed by atoms with E-state index in [4.69, 9.17) is 4.42 Å². The van der Waals surface area contributed by atoms with E-state index < -0.39 is 0 Å². The molecule has 130 valence electrons. The standard InChI is InChI=1S/C17H25N5O2/c1-4-21(10-13-7-9-24-11-13)17(23)18-15(12(2)3)16-20-19-14-6-5-8-22(14)16/h7,9,11-12,15H,4-6,8,10H2,1-3H3,(H,18,23)/t15-/m1/s1. The van der Waals surface area contributed by atoms with Gasteiger partial charge in [-0.3, -0.25) is 0 Å². The van der Waals surface area contributed by atoms with Crippen LogP contribution < -0.4 is 5.32 Å². The van der Waals surface area contributed by atoms with Crippen molar-refractivity contribution in [3.8, 4) is 0 Å². The van der Waals surface area contributed by atoms with Gasteiger partial charge in [-0.25, -0.2) is 4.79 Å². The lowest BCUT2D eigenvalue weighted by atomic mass is 10.0. The Morgan fingerprint density at radius 3 is 2.96 bits per heavy atom. The molecular weight excluding hydrogens is 306 g/mol. The molecule has 7 nitrogen and oxygen atoms in total. The van der Waals surface area contributed by atoms with Crippen molar-refractivity contribution >= 4 is 6.03 Å². The predicted molar refractivity (Wildman–Crippen MR) is 89.2 cm³/mol. The molecule has 1 atom stereocenters. The van der Waals surface area contributed by atoms with Crippen molar-refractivity contribution < 1.29 is 9.21 Å². The van der Waals surface area contributed by atoms with Crippen LogP contribution in [0, 0.1) is 5.92 Å². The van der Waals surface area contributed by atoms with Crippen molar-refractivity contribution in [1.82, 2.24) is 25.0 Å². The van der Waals surface area contributed by atoms with Gasteiger partial charge in [0.15, 0.2) is 5.82 Å².